The number of hydrogen-bond acceptors (Lipinski definition) is 2. The number of benzene rings is 2. The van der Waals surface area contributed by atoms with E-state index in [2.05, 4.69) is 17.2 Å². The second-order valence-corrected chi connectivity index (χ2v) is 4.75. The van der Waals surface area contributed by atoms with Gasteiger partial charge in [0, 0.05) is 11.7 Å². The molecular formula is C18H12F2MnN3O. The molecule has 0 spiro atoms. The Bertz CT molecular complexity index is 887. The number of amides is 1. The molecule has 0 aliphatic rings. The van der Waals surface area contributed by atoms with Gasteiger partial charge in [0.2, 0.25) is 0 Å². The standard InChI is InChI=1S/C9H5F2N.C9H7N2O.Mn/c1-6-2-3-7(5-12)4-8(6)9(10)11;12-6-11-8-2-1-7-3-4-10-9(7)5-8;/h2-4H,1H2;1-5,10H,(H,11,12);/q-2;-1;+3. The van der Waals surface area contributed by atoms with Gasteiger partial charge in [-0.1, -0.05) is 12.1 Å². The van der Waals surface area contributed by atoms with Crippen LogP contribution in [-0.2, 0) is 21.9 Å². The predicted octanol–water partition coefficient (Wildman–Crippen LogP) is 4.16. The number of nitriles is 1. The summed E-state index contributed by atoms with van der Waals surface area (Å²) in [6, 6.07) is 13.4. The quantitative estimate of drug-likeness (QED) is 0.408. The monoisotopic (exact) mass is 379 g/mol. The average Bonchev–Trinajstić information content (AvgIpc) is 3.04. The van der Waals surface area contributed by atoms with E-state index in [4.69, 9.17) is 5.26 Å². The van der Waals surface area contributed by atoms with Crippen LogP contribution < -0.4 is 5.32 Å². The molecule has 2 aromatic carbocycles. The Hall–Kier alpha value is -2.94. The SMILES string of the molecule is O=[C-]Nc1ccc2cc[nH]c2c1.[CH2-]c1ccc(C#N)cc1[C-](F)F.[Mn+3]. The van der Waals surface area contributed by atoms with Crippen molar-refractivity contribution in [2.45, 2.75) is 0 Å². The third kappa shape index (κ3) is 5.28. The molecular weight excluding hydrogens is 367 g/mol. The normalized spacial score (nSPS) is 9.16. The van der Waals surface area contributed by atoms with E-state index < -0.39 is 6.43 Å². The summed E-state index contributed by atoms with van der Waals surface area (Å²) in [6.45, 7) is 3.41. The first kappa shape index (κ1) is 20.1. The first-order valence-electron chi connectivity index (χ1n) is 6.80. The minimum Gasteiger partial charge on any atom is -0.490 e. The van der Waals surface area contributed by atoms with Crippen LogP contribution in [0.2, 0.25) is 0 Å². The van der Waals surface area contributed by atoms with Gasteiger partial charge in [-0.3, -0.25) is 21.3 Å². The maximum Gasteiger partial charge on any atom is 3.00 e. The van der Waals surface area contributed by atoms with E-state index in [1.54, 1.807) is 12.5 Å². The van der Waals surface area contributed by atoms with Crippen molar-refractivity contribution in [3.8, 4) is 6.07 Å². The van der Waals surface area contributed by atoms with Gasteiger partial charge < -0.3 is 15.1 Å². The number of hydrogen-bond donors (Lipinski definition) is 2. The molecule has 126 valence electrons. The van der Waals surface area contributed by atoms with Gasteiger partial charge in [0.05, 0.1) is 12.5 Å². The van der Waals surface area contributed by atoms with Crippen LogP contribution in [-0.4, -0.2) is 11.4 Å². The molecule has 0 radical (unpaired) electrons. The number of nitrogens with zero attached hydrogens (tertiary/aromatic N) is 1. The first-order valence-corrected chi connectivity index (χ1v) is 6.80. The summed E-state index contributed by atoms with van der Waals surface area (Å²) in [5.41, 5.74) is 1.95. The molecule has 0 aliphatic heterocycles. The van der Waals surface area contributed by atoms with E-state index in [9.17, 15) is 13.6 Å². The molecule has 0 atom stereocenters. The van der Waals surface area contributed by atoms with Crippen LogP contribution in [0.15, 0.2) is 48.7 Å². The number of fused-ring (bicyclic) bond motifs is 1. The van der Waals surface area contributed by atoms with Crippen molar-refractivity contribution in [3.63, 3.8) is 0 Å². The molecule has 2 N–H and O–H groups in total. The van der Waals surface area contributed by atoms with E-state index >= 15 is 0 Å². The Balaban J connectivity index is 0.000000240. The summed E-state index contributed by atoms with van der Waals surface area (Å²) < 4.78 is 24.2. The number of rotatable bonds is 3. The zero-order valence-electron chi connectivity index (χ0n) is 12.8. The van der Waals surface area contributed by atoms with Crippen LogP contribution in [0.4, 0.5) is 14.5 Å². The number of halogens is 2. The van der Waals surface area contributed by atoms with Crippen LogP contribution in [0.1, 0.15) is 16.7 Å². The second kappa shape index (κ2) is 9.38. The fourth-order valence-corrected chi connectivity index (χ4v) is 2.01. The smallest absolute Gasteiger partial charge is 0.490 e. The molecule has 7 heteroatoms. The Morgan fingerprint density at radius 3 is 2.60 bits per heavy atom. The van der Waals surface area contributed by atoms with E-state index in [-0.39, 0.29) is 33.8 Å². The second-order valence-electron chi connectivity index (χ2n) is 4.75. The topological polar surface area (TPSA) is 68.7 Å². The first-order chi connectivity index (χ1) is 11.5. The number of aromatic amines is 1. The molecule has 0 aliphatic carbocycles. The Morgan fingerprint density at radius 1 is 1.20 bits per heavy atom. The molecule has 0 fully saturated rings. The number of aromatic nitrogens is 1. The third-order valence-corrected chi connectivity index (χ3v) is 3.19. The summed E-state index contributed by atoms with van der Waals surface area (Å²) in [5, 5.41) is 12.0. The van der Waals surface area contributed by atoms with E-state index in [1.165, 1.54) is 12.1 Å². The summed E-state index contributed by atoms with van der Waals surface area (Å²) >= 11 is 0. The number of anilines is 1. The van der Waals surface area contributed by atoms with Crippen LogP contribution >= 0.6 is 0 Å². The molecule has 0 saturated heterocycles. The van der Waals surface area contributed by atoms with Crippen LogP contribution in [0.25, 0.3) is 10.9 Å². The van der Waals surface area contributed by atoms with E-state index in [1.807, 2.05) is 30.5 Å². The van der Waals surface area contributed by atoms with Crippen molar-refractivity contribution in [2.75, 3.05) is 5.32 Å². The molecule has 1 aromatic heterocycles. The molecule has 0 bridgehead atoms. The average molecular weight is 379 g/mol. The summed E-state index contributed by atoms with van der Waals surface area (Å²) in [4.78, 5) is 13.1. The van der Waals surface area contributed by atoms with Gasteiger partial charge in [0.15, 0.2) is 0 Å². The number of carbonyl (C=O) groups excluding carboxylic acids is 1. The summed E-state index contributed by atoms with van der Waals surface area (Å²) in [6.07, 6.45) is 1.68. The third-order valence-electron chi connectivity index (χ3n) is 3.19. The van der Waals surface area contributed by atoms with Gasteiger partial charge in [-0.05, 0) is 17.0 Å². The minimum atomic E-state index is -1.81. The van der Waals surface area contributed by atoms with Crippen LogP contribution in [0.5, 0.6) is 0 Å². The number of H-pyrrole nitrogens is 1. The van der Waals surface area contributed by atoms with Crippen molar-refractivity contribution in [2.24, 2.45) is 0 Å². The van der Waals surface area contributed by atoms with Gasteiger partial charge >= 0.3 is 17.1 Å². The van der Waals surface area contributed by atoms with Crippen molar-refractivity contribution >= 4 is 23.0 Å². The van der Waals surface area contributed by atoms with Crippen LogP contribution in [0, 0.1) is 24.7 Å². The van der Waals surface area contributed by atoms with Gasteiger partial charge in [-0.2, -0.15) is 11.3 Å². The largest absolute Gasteiger partial charge is 3.00 e. The zero-order chi connectivity index (χ0) is 17.5. The molecule has 25 heavy (non-hydrogen) atoms. The van der Waals surface area contributed by atoms with Crippen LogP contribution in [0.3, 0.4) is 0 Å². The predicted molar refractivity (Wildman–Crippen MR) is 87.8 cm³/mol. The molecule has 1 amide bonds. The fourth-order valence-electron chi connectivity index (χ4n) is 2.01. The zero-order valence-corrected chi connectivity index (χ0v) is 14.0. The van der Waals surface area contributed by atoms with E-state index in [0.717, 1.165) is 22.7 Å². The maximum atomic E-state index is 12.1. The summed E-state index contributed by atoms with van der Waals surface area (Å²) in [5.74, 6) is 0. The van der Waals surface area contributed by atoms with Crippen molar-refractivity contribution < 1.29 is 30.6 Å². The fraction of sp³-hybridized carbons (Fsp3) is 0. The molecule has 0 unspecified atom stereocenters. The van der Waals surface area contributed by atoms with Crippen molar-refractivity contribution in [1.82, 2.24) is 4.98 Å². The summed E-state index contributed by atoms with van der Waals surface area (Å²) in [7, 11) is 0. The van der Waals surface area contributed by atoms with Crippen molar-refractivity contribution in [3.05, 3.63) is 78.7 Å². The van der Waals surface area contributed by atoms with E-state index in [0.29, 0.717) is 0 Å². The van der Waals surface area contributed by atoms with Gasteiger partial charge in [-0.15, -0.1) is 17.8 Å². The molecule has 0 saturated carbocycles. The Kier molecular flexibility index (Phi) is 7.54. The maximum absolute atomic E-state index is 12.1. The molecule has 3 aromatic rings. The Labute approximate surface area is 154 Å². The van der Waals surface area contributed by atoms with Gasteiger partial charge in [0.1, 0.15) is 6.43 Å². The molecule has 4 nitrogen and oxygen atoms in total. The minimum absolute atomic E-state index is 0. The van der Waals surface area contributed by atoms with Crippen molar-refractivity contribution in [1.29, 1.82) is 5.26 Å². The molecule has 3 rings (SSSR count). The van der Waals surface area contributed by atoms with Gasteiger partial charge in [0.25, 0.3) is 0 Å². The number of nitrogens with one attached hydrogen (secondary N) is 2. The Morgan fingerprint density at radius 2 is 1.96 bits per heavy atom. The molecule has 1 heterocycles. The van der Waals surface area contributed by atoms with Gasteiger partial charge in [-0.25, -0.2) is 11.6 Å².